The minimum Gasteiger partial charge on any atom is -1.00 e. The molecule has 0 radical (unpaired) electrons. The van der Waals surface area contributed by atoms with Gasteiger partial charge in [-0.25, -0.2) is 0 Å². The van der Waals surface area contributed by atoms with Crippen LogP contribution in [-0.4, -0.2) is 77.0 Å². The maximum absolute atomic E-state index is 10.3. The summed E-state index contributed by atoms with van der Waals surface area (Å²) in [6, 6.07) is 65.6. The van der Waals surface area contributed by atoms with Gasteiger partial charge in [0.2, 0.25) is 0 Å². The fourth-order valence-corrected chi connectivity index (χ4v) is 17.8. The van der Waals surface area contributed by atoms with Crippen molar-refractivity contribution in [3.05, 3.63) is 268 Å². The van der Waals surface area contributed by atoms with Crippen molar-refractivity contribution < 1.29 is 89.0 Å². The Kier molecular flexibility index (Phi) is 78.3. The number of aldehydes is 1. The van der Waals surface area contributed by atoms with Gasteiger partial charge in [-0.15, -0.1) is 19.8 Å². The molecule has 7 nitrogen and oxygen atoms in total. The van der Waals surface area contributed by atoms with Crippen LogP contribution in [0.15, 0.2) is 242 Å². The summed E-state index contributed by atoms with van der Waals surface area (Å²) in [6.45, 7) is 56.3. The second-order valence-corrected chi connectivity index (χ2v) is 34.2. The van der Waals surface area contributed by atoms with Gasteiger partial charge in [-0.2, -0.15) is 52.8 Å². The number of hydrogen-bond acceptors (Lipinski definition) is 7. The van der Waals surface area contributed by atoms with Crippen molar-refractivity contribution in [3.8, 4) is 0 Å². The van der Waals surface area contributed by atoms with E-state index in [0.29, 0.717) is 24.2 Å². The van der Waals surface area contributed by atoms with Crippen molar-refractivity contribution in [1.82, 2.24) is 0 Å². The van der Waals surface area contributed by atoms with Gasteiger partial charge in [0.05, 0.1) is 35.3 Å². The summed E-state index contributed by atoms with van der Waals surface area (Å²) < 4.78 is 14.4. The van der Waals surface area contributed by atoms with E-state index in [1.54, 1.807) is 0 Å². The smallest absolute Gasteiger partial charge is 1.00 e. The molecule has 0 bridgehead atoms. The zero-order chi connectivity index (χ0) is 77.2. The van der Waals surface area contributed by atoms with Crippen LogP contribution < -0.4 is 96.7 Å². The average molecular weight is 1540 g/mol. The zero-order valence-corrected chi connectivity index (χ0v) is 72.7. The first-order chi connectivity index (χ1) is 49.7. The van der Waals surface area contributed by atoms with Crippen LogP contribution in [-0.2, 0) is 19.0 Å². The average Bonchev–Trinajstić information content (AvgIpc) is 0.925. The van der Waals surface area contributed by atoms with Gasteiger partial charge >= 0.3 is 37.7 Å². The number of benzene rings is 6. The van der Waals surface area contributed by atoms with Crippen molar-refractivity contribution in [2.45, 2.75) is 199 Å². The van der Waals surface area contributed by atoms with Crippen molar-refractivity contribution in [2.24, 2.45) is 17.8 Å². The van der Waals surface area contributed by atoms with Gasteiger partial charge in [0.25, 0.3) is 0 Å². The Bertz CT molecular complexity index is 2600. The number of hydrogen-bond donors (Lipinski definition) is 1. The molecule has 3 heterocycles. The number of halogens is 1. The van der Waals surface area contributed by atoms with Crippen LogP contribution in [0.25, 0.3) is 0 Å². The predicted octanol–water partition coefficient (Wildman–Crippen LogP) is 12.1. The van der Waals surface area contributed by atoms with E-state index in [-0.39, 0.29) is 74.5 Å². The standard InChI is InChI=1S/C20H20P.C20H19P.C15H26O.C11H18O.C5H11O.C5H10O.2C4H8O.2C4H9.C2H4O.BrH.2Li/c2*1-2-21(18-12-6-3-7-13-18,19-14-8-4-9-15-19)20-16-10-5-11-17-20;1-12(2)6-8-15(13(3)4)9-7-14(5)10-11-16;1-9(2)5-6-11(7-8-12)10(3)4;2*1-5(2)3-4-6;2*1-2-4-5-3-1;2*1-3-4-2;1-2-3-1;;;/h3-17H,2H2,1H3;2-17H,1H3;7,15-16H,1,3,6,8-11H2,2,4-5H3;8,11H,1,3,5-7H2,2,4H3;5H,3-4H2,1-2H3;3-4H2,1-2H3;2*1-4H2;2*1,3-4H2,2H3;1-2H2;1H;;/q+1;;;;-1;-2;;;2*-1;;;2*+1/p-1. The zero-order valence-electron chi connectivity index (χ0n) is 69.3. The molecule has 6 aromatic carbocycles. The van der Waals surface area contributed by atoms with Gasteiger partial charge in [-0.1, -0.05) is 203 Å². The fourth-order valence-electron chi connectivity index (χ4n) is 10.1. The molecule has 12 heteroatoms. The molecule has 0 amide bonds. The van der Waals surface area contributed by atoms with Crippen LogP contribution in [0, 0.1) is 43.7 Å². The van der Waals surface area contributed by atoms with E-state index in [1.165, 1.54) is 98.6 Å². The molecule has 0 spiro atoms. The fraction of sp³-hybridized carbons (Fsp3) is 0.457. The maximum atomic E-state index is 10.3. The van der Waals surface area contributed by atoms with Crippen LogP contribution in [0.5, 0.6) is 0 Å². The Balaban J connectivity index is -0.000000374. The minimum atomic E-state index is -1.66. The molecule has 3 fully saturated rings. The molecule has 9 rings (SSSR count). The van der Waals surface area contributed by atoms with Crippen LogP contribution >= 0.6 is 14.5 Å². The van der Waals surface area contributed by atoms with Crippen LogP contribution in [0.1, 0.15) is 199 Å². The predicted molar refractivity (Wildman–Crippen MR) is 456 cm³/mol. The Morgan fingerprint density at radius 2 is 0.821 bits per heavy atom. The molecule has 3 saturated heterocycles. The third kappa shape index (κ3) is 54.6. The molecule has 3 aliphatic heterocycles. The van der Waals surface area contributed by atoms with Crippen molar-refractivity contribution in [1.29, 1.82) is 0 Å². The van der Waals surface area contributed by atoms with E-state index in [1.807, 2.05) is 27.7 Å². The van der Waals surface area contributed by atoms with Gasteiger partial charge in [0.1, 0.15) is 29.5 Å². The van der Waals surface area contributed by atoms with Crippen molar-refractivity contribution >= 4 is 52.6 Å². The second kappa shape index (κ2) is 75.0. The van der Waals surface area contributed by atoms with Crippen LogP contribution in [0.3, 0.4) is 0 Å². The van der Waals surface area contributed by atoms with Crippen molar-refractivity contribution in [3.63, 3.8) is 0 Å². The molecule has 2 atom stereocenters. The van der Waals surface area contributed by atoms with Crippen molar-refractivity contribution in [2.75, 3.05) is 65.6 Å². The molecule has 582 valence electrons. The largest absolute Gasteiger partial charge is 1.00 e. The third-order valence-electron chi connectivity index (χ3n) is 16.7. The summed E-state index contributed by atoms with van der Waals surface area (Å²) in [4.78, 5) is 10.3. The van der Waals surface area contributed by atoms with E-state index in [2.05, 4.69) is 301 Å². The summed E-state index contributed by atoms with van der Waals surface area (Å²) in [5.41, 5.74) is 6.02. The molecule has 2 unspecified atom stereocenters. The quantitative estimate of drug-likeness (QED) is 0.0130. The van der Waals surface area contributed by atoms with E-state index in [0.717, 1.165) is 122 Å². The monoisotopic (exact) mass is 1540 g/mol. The summed E-state index contributed by atoms with van der Waals surface area (Å²) in [6.07, 6.45) is 24.6. The summed E-state index contributed by atoms with van der Waals surface area (Å²) in [7, 11) is -3.19. The Hall–Kier alpha value is -4.02. The second-order valence-electron chi connectivity index (χ2n) is 26.9. The molecular weight excluding hydrogens is 1400 g/mol. The maximum Gasteiger partial charge on any atom is 1.00 e. The number of epoxide rings is 1. The SMILES string of the molecule is C1CCOC1.C1CCOC1.C1CO1.C=C(C)CCC(CC=C(C)CCO)C(=C)C.C=C(C)CCC(CC=O)C(=C)C.CC(C)CC[O-].CC[P+](c1ccccc1)(c1ccccc1)c1ccccc1.C[C-](C)CC[O-].C[CH-][P+](c1ccccc1)(c1ccccc1)c1ccccc1.[Br-].[CH2-]CCC.[CH2-]CCC.[Li+].[Li+]. The Labute approximate surface area is 687 Å². The van der Waals surface area contributed by atoms with Gasteiger partial charge < -0.3 is 71.1 Å². The first-order valence-corrected chi connectivity index (χ1v) is 42.0. The summed E-state index contributed by atoms with van der Waals surface area (Å²) >= 11 is 0. The van der Waals surface area contributed by atoms with Gasteiger partial charge in [-0.05, 0) is 204 Å². The number of allylic oxidation sites excluding steroid dienone is 5. The molecule has 0 aromatic heterocycles. The topological polar surface area (TPSA) is 114 Å². The Morgan fingerprint density at radius 3 is 0.991 bits per heavy atom. The molecule has 0 saturated carbocycles. The number of carbonyl (C=O) groups excluding carboxylic acids is 1. The van der Waals surface area contributed by atoms with E-state index in [9.17, 15) is 15.0 Å². The number of ether oxygens (including phenoxy) is 3. The molecular formula is C94H142BrLi2O7P2-3. The first kappa shape index (κ1) is 111. The third-order valence-corrected chi connectivity index (χ3v) is 25.3. The summed E-state index contributed by atoms with van der Waals surface area (Å²) in [5.74, 6) is 2.71. The molecule has 6 aromatic rings. The Morgan fingerprint density at radius 1 is 0.519 bits per heavy atom. The number of carbonyl (C=O) groups is 1. The minimum absolute atomic E-state index is 0. The molecule has 3 aliphatic rings. The molecule has 106 heavy (non-hydrogen) atoms. The van der Waals surface area contributed by atoms with Crippen LogP contribution in [0.2, 0.25) is 0 Å². The molecule has 1 N–H and O–H groups in total. The number of aliphatic hydroxyl groups excluding tert-OH is 1. The number of aliphatic hydroxyl groups is 1. The normalized spacial score (nSPS) is 12.5. The summed E-state index contributed by atoms with van der Waals surface area (Å²) in [5, 5.41) is 36.9. The van der Waals surface area contributed by atoms with Gasteiger partial charge in [0, 0.05) is 39.5 Å². The van der Waals surface area contributed by atoms with Gasteiger partial charge in [-0.3, -0.25) is 0 Å². The van der Waals surface area contributed by atoms with Gasteiger partial charge in [0.15, 0.2) is 0 Å². The number of unbranched alkanes of at least 4 members (excludes halogenated alkanes) is 2. The van der Waals surface area contributed by atoms with E-state index < -0.39 is 14.5 Å². The number of rotatable bonds is 28. The van der Waals surface area contributed by atoms with E-state index >= 15 is 0 Å². The first-order valence-electron chi connectivity index (χ1n) is 38.1. The van der Waals surface area contributed by atoms with E-state index in [4.69, 9.17) is 14.6 Å². The molecule has 0 aliphatic carbocycles. The van der Waals surface area contributed by atoms with Crippen LogP contribution in [0.4, 0.5) is 0 Å².